The summed E-state index contributed by atoms with van der Waals surface area (Å²) in [5.74, 6) is -0.119. The Morgan fingerprint density at radius 2 is 2.23 bits per heavy atom. The summed E-state index contributed by atoms with van der Waals surface area (Å²) < 4.78 is 1.82. The highest BCUT2D eigenvalue weighted by atomic mass is 16.1. The first kappa shape index (κ1) is 15.8. The number of allylic oxidation sites excluding steroid dienone is 3. The number of pyridine rings is 1. The summed E-state index contributed by atoms with van der Waals surface area (Å²) in [6.07, 6.45) is 12.4. The van der Waals surface area contributed by atoms with Crippen molar-refractivity contribution in [2.24, 2.45) is 0 Å². The van der Waals surface area contributed by atoms with Gasteiger partial charge in [-0.3, -0.25) is 4.79 Å². The number of aromatic nitrogens is 2. The summed E-state index contributed by atoms with van der Waals surface area (Å²) in [7, 11) is 0. The molecule has 0 atom stereocenters. The lowest BCUT2D eigenvalue weighted by Gasteiger charge is -2.06. The third kappa shape index (κ3) is 4.19. The quantitative estimate of drug-likeness (QED) is 0.829. The monoisotopic (exact) mass is 295 g/mol. The van der Waals surface area contributed by atoms with Gasteiger partial charge in [-0.15, -0.1) is 0 Å². The summed E-state index contributed by atoms with van der Waals surface area (Å²) in [4.78, 5) is 16.3. The number of imidazole rings is 1. The van der Waals surface area contributed by atoms with Gasteiger partial charge < -0.3 is 9.72 Å². The van der Waals surface area contributed by atoms with Crippen molar-refractivity contribution in [2.75, 3.05) is 6.54 Å². The fraction of sp³-hybridized carbons (Fsp3) is 0.222. The van der Waals surface area contributed by atoms with Crippen LogP contribution in [0.4, 0.5) is 0 Å². The standard InChI is InChI=1S/C18H21N3O/c1-4-5-14(2)6-7-15(3)12-20-18(22)16-8-9-17-19-10-11-21(17)13-16/h5-11,13H,3-4,12H2,1-2H3,(H,20,22)/b7-6-,14-5-. The van der Waals surface area contributed by atoms with E-state index in [2.05, 4.69) is 29.9 Å². The molecule has 0 fully saturated rings. The van der Waals surface area contributed by atoms with Gasteiger partial charge in [-0.05, 0) is 31.1 Å². The summed E-state index contributed by atoms with van der Waals surface area (Å²) >= 11 is 0. The number of carbonyl (C=O) groups is 1. The first-order valence-electron chi connectivity index (χ1n) is 7.33. The zero-order valence-electron chi connectivity index (χ0n) is 13.0. The number of nitrogens with one attached hydrogen (secondary N) is 1. The van der Waals surface area contributed by atoms with E-state index in [4.69, 9.17) is 0 Å². The van der Waals surface area contributed by atoms with Crippen LogP contribution in [0.5, 0.6) is 0 Å². The zero-order chi connectivity index (χ0) is 15.9. The first-order chi connectivity index (χ1) is 10.6. The third-order valence-electron chi connectivity index (χ3n) is 3.23. The minimum Gasteiger partial charge on any atom is -0.348 e. The normalized spacial score (nSPS) is 12.0. The number of amides is 1. The molecule has 4 nitrogen and oxygen atoms in total. The smallest absolute Gasteiger partial charge is 0.253 e. The van der Waals surface area contributed by atoms with E-state index in [9.17, 15) is 4.79 Å². The molecule has 0 saturated heterocycles. The van der Waals surface area contributed by atoms with Gasteiger partial charge in [0.15, 0.2) is 0 Å². The minimum atomic E-state index is -0.119. The van der Waals surface area contributed by atoms with E-state index in [0.29, 0.717) is 12.1 Å². The van der Waals surface area contributed by atoms with Crippen LogP contribution in [-0.2, 0) is 0 Å². The van der Waals surface area contributed by atoms with Crippen molar-refractivity contribution in [1.82, 2.24) is 14.7 Å². The highest BCUT2D eigenvalue weighted by Crippen LogP contribution is 2.05. The molecular formula is C18H21N3O. The Bertz CT molecular complexity index is 738. The van der Waals surface area contributed by atoms with Gasteiger partial charge in [0.1, 0.15) is 5.65 Å². The van der Waals surface area contributed by atoms with Crippen LogP contribution in [0.15, 0.2) is 66.7 Å². The largest absolute Gasteiger partial charge is 0.348 e. The van der Waals surface area contributed by atoms with Crippen LogP contribution in [0.1, 0.15) is 30.6 Å². The number of rotatable bonds is 6. The molecule has 0 aromatic carbocycles. The lowest BCUT2D eigenvalue weighted by Crippen LogP contribution is -2.25. The van der Waals surface area contributed by atoms with E-state index in [-0.39, 0.29) is 5.91 Å². The number of fused-ring (bicyclic) bond motifs is 1. The van der Waals surface area contributed by atoms with Crippen LogP contribution in [0.2, 0.25) is 0 Å². The second-order valence-electron chi connectivity index (χ2n) is 5.14. The molecular weight excluding hydrogens is 274 g/mol. The minimum absolute atomic E-state index is 0.119. The van der Waals surface area contributed by atoms with E-state index >= 15 is 0 Å². The molecule has 2 aromatic heterocycles. The molecule has 1 amide bonds. The Labute approximate surface area is 130 Å². The van der Waals surface area contributed by atoms with Crippen LogP contribution in [0.25, 0.3) is 5.65 Å². The summed E-state index contributed by atoms with van der Waals surface area (Å²) in [6.45, 7) is 8.53. The van der Waals surface area contributed by atoms with Crippen molar-refractivity contribution in [3.05, 3.63) is 72.2 Å². The van der Waals surface area contributed by atoms with Gasteiger partial charge in [-0.1, -0.05) is 37.3 Å². The van der Waals surface area contributed by atoms with Crippen molar-refractivity contribution < 1.29 is 4.79 Å². The Morgan fingerprint density at radius 3 is 3.00 bits per heavy atom. The first-order valence-corrected chi connectivity index (χ1v) is 7.33. The molecule has 2 rings (SSSR count). The maximum absolute atomic E-state index is 12.1. The second kappa shape index (κ2) is 7.41. The zero-order valence-corrected chi connectivity index (χ0v) is 13.0. The fourth-order valence-corrected chi connectivity index (χ4v) is 2.05. The molecule has 0 aliphatic carbocycles. The molecule has 22 heavy (non-hydrogen) atoms. The van der Waals surface area contributed by atoms with Gasteiger partial charge in [0.25, 0.3) is 5.91 Å². The third-order valence-corrected chi connectivity index (χ3v) is 3.23. The molecule has 0 aliphatic rings. The molecule has 0 bridgehead atoms. The predicted octanol–water partition coefficient (Wildman–Crippen LogP) is 3.53. The molecule has 0 radical (unpaired) electrons. The number of hydrogen-bond donors (Lipinski definition) is 1. The Hall–Kier alpha value is -2.62. The fourth-order valence-electron chi connectivity index (χ4n) is 2.05. The summed E-state index contributed by atoms with van der Waals surface area (Å²) in [5, 5.41) is 2.87. The number of hydrogen-bond acceptors (Lipinski definition) is 2. The van der Waals surface area contributed by atoms with E-state index in [1.54, 1.807) is 18.5 Å². The van der Waals surface area contributed by atoms with Gasteiger partial charge in [0.2, 0.25) is 0 Å². The van der Waals surface area contributed by atoms with Gasteiger partial charge >= 0.3 is 0 Å². The molecule has 0 unspecified atom stereocenters. The van der Waals surface area contributed by atoms with E-state index < -0.39 is 0 Å². The number of carbonyl (C=O) groups excluding carboxylic acids is 1. The topological polar surface area (TPSA) is 46.4 Å². The van der Waals surface area contributed by atoms with Crippen molar-refractivity contribution in [2.45, 2.75) is 20.3 Å². The molecule has 2 aromatic rings. The lowest BCUT2D eigenvalue weighted by molar-refractivity contribution is 0.0957. The highest BCUT2D eigenvalue weighted by molar-refractivity contribution is 5.94. The molecule has 4 heteroatoms. The van der Waals surface area contributed by atoms with Crippen LogP contribution in [0, 0.1) is 0 Å². The van der Waals surface area contributed by atoms with Crippen LogP contribution < -0.4 is 5.32 Å². The van der Waals surface area contributed by atoms with Crippen molar-refractivity contribution >= 4 is 11.6 Å². The number of nitrogens with zero attached hydrogens (tertiary/aromatic N) is 2. The Kier molecular flexibility index (Phi) is 5.31. The van der Waals surface area contributed by atoms with E-state index in [0.717, 1.165) is 17.6 Å². The molecule has 2 heterocycles. The Balaban J connectivity index is 1.92. The van der Waals surface area contributed by atoms with Gasteiger partial charge in [0.05, 0.1) is 5.56 Å². The lowest BCUT2D eigenvalue weighted by atomic mass is 10.2. The van der Waals surface area contributed by atoms with Crippen LogP contribution in [-0.4, -0.2) is 21.8 Å². The summed E-state index contributed by atoms with van der Waals surface area (Å²) in [5.41, 5.74) is 3.48. The second-order valence-corrected chi connectivity index (χ2v) is 5.14. The molecule has 0 spiro atoms. The van der Waals surface area contributed by atoms with Crippen LogP contribution in [0.3, 0.4) is 0 Å². The van der Waals surface area contributed by atoms with E-state index in [1.807, 2.05) is 35.7 Å². The Morgan fingerprint density at radius 1 is 1.41 bits per heavy atom. The average molecular weight is 295 g/mol. The molecule has 0 aliphatic heterocycles. The van der Waals surface area contributed by atoms with Gasteiger partial charge in [-0.2, -0.15) is 0 Å². The average Bonchev–Trinajstić information content (AvgIpc) is 2.98. The van der Waals surface area contributed by atoms with Crippen molar-refractivity contribution in [3.8, 4) is 0 Å². The summed E-state index contributed by atoms with van der Waals surface area (Å²) in [6, 6.07) is 3.59. The van der Waals surface area contributed by atoms with Gasteiger partial charge in [-0.25, -0.2) is 4.98 Å². The molecule has 114 valence electrons. The van der Waals surface area contributed by atoms with E-state index in [1.165, 1.54) is 5.57 Å². The van der Waals surface area contributed by atoms with Gasteiger partial charge in [0, 0.05) is 25.1 Å². The van der Waals surface area contributed by atoms with Crippen LogP contribution >= 0.6 is 0 Å². The predicted molar refractivity (Wildman–Crippen MR) is 89.9 cm³/mol. The highest BCUT2D eigenvalue weighted by Gasteiger charge is 2.06. The SMILES string of the molecule is C=C(/C=C\C(C)=C/CC)CNC(=O)c1ccc2nccn2c1. The maximum Gasteiger partial charge on any atom is 0.253 e. The van der Waals surface area contributed by atoms with Crippen molar-refractivity contribution in [3.63, 3.8) is 0 Å². The van der Waals surface area contributed by atoms with Crippen molar-refractivity contribution in [1.29, 1.82) is 0 Å². The molecule has 0 saturated carbocycles. The molecule has 1 N–H and O–H groups in total. The maximum atomic E-state index is 12.1.